The van der Waals surface area contributed by atoms with Crippen LogP contribution in [0.5, 0.6) is 0 Å². The van der Waals surface area contributed by atoms with E-state index in [9.17, 15) is 9.59 Å². The van der Waals surface area contributed by atoms with Crippen LogP contribution >= 0.6 is 11.3 Å². The van der Waals surface area contributed by atoms with E-state index in [2.05, 4.69) is 15.0 Å². The molecule has 0 aromatic carbocycles. The zero-order valence-corrected chi connectivity index (χ0v) is 13.0. The standard InChI is InChI=1S/C13H20N2O4S/c1-8(2)11(12(17)19-4)15-13-14-9(7-20-13)5-6-10(16)18-3/h7-8,11H,5-6H2,1-4H3,(H,14,15). The van der Waals surface area contributed by atoms with Crippen molar-refractivity contribution in [2.24, 2.45) is 5.92 Å². The predicted octanol–water partition coefficient (Wildman–Crippen LogP) is 1.86. The maximum absolute atomic E-state index is 11.6. The number of hydrogen-bond acceptors (Lipinski definition) is 7. The summed E-state index contributed by atoms with van der Waals surface area (Å²) in [5, 5.41) is 5.58. The van der Waals surface area contributed by atoms with Gasteiger partial charge < -0.3 is 14.8 Å². The van der Waals surface area contributed by atoms with Crippen molar-refractivity contribution >= 4 is 28.4 Å². The molecule has 7 heteroatoms. The van der Waals surface area contributed by atoms with Crippen LogP contribution in [0, 0.1) is 5.92 Å². The number of hydrogen-bond donors (Lipinski definition) is 1. The minimum absolute atomic E-state index is 0.0878. The number of nitrogens with one attached hydrogen (secondary N) is 1. The topological polar surface area (TPSA) is 77.5 Å². The quantitative estimate of drug-likeness (QED) is 0.774. The van der Waals surface area contributed by atoms with E-state index in [1.165, 1.54) is 25.6 Å². The number of anilines is 1. The number of esters is 2. The molecular weight excluding hydrogens is 280 g/mol. The van der Waals surface area contributed by atoms with Gasteiger partial charge in [0.25, 0.3) is 0 Å². The third-order valence-corrected chi connectivity index (χ3v) is 3.59. The molecule has 1 atom stereocenters. The minimum Gasteiger partial charge on any atom is -0.469 e. The Morgan fingerprint density at radius 1 is 1.35 bits per heavy atom. The molecular formula is C13H20N2O4S. The Bertz CT molecular complexity index is 459. The van der Waals surface area contributed by atoms with Crippen molar-refractivity contribution in [2.75, 3.05) is 19.5 Å². The first-order valence-corrected chi connectivity index (χ1v) is 7.21. The van der Waals surface area contributed by atoms with Gasteiger partial charge in [-0.1, -0.05) is 13.8 Å². The van der Waals surface area contributed by atoms with Crippen LogP contribution in [-0.4, -0.2) is 37.2 Å². The van der Waals surface area contributed by atoms with Gasteiger partial charge >= 0.3 is 11.9 Å². The molecule has 0 saturated heterocycles. The number of carbonyl (C=O) groups excluding carboxylic acids is 2. The zero-order valence-electron chi connectivity index (χ0n) is 12.1. The van der Waals surface area contributed by atoms with E-state index in [1.807, 2.05) is 19.2 Å². The Morgan fingerprint density at radius 2 is 2.05 bits per heavy atom. The zero-order chi connectivity index (χ0) is 15.1. The SMILES string of the molecule is COC(=O)CCc1csc(NC(C(=O)OC)C(C)C)n1. The van der Waals surface area contributed by atoms with E-state index in [0.29, 0.717) is 18.0 Å². The summed E-state index contributed by atoms with van der Waals surface area (Å²) in [6.45, 7) is 3.86. The van der Waals surface area contributed by atoms with Gasteiger partial charge in [-0.05, 0) is 5.92 Å². The van der Waals surface area contributed by atoms with Crippen molar-refractivity contribution < 1.29 is 19.1 Å². The molecule has 1 N–H and O–H groups in total. The number of carbonyl (C=O) groups is 2. The first-order valence-electron chi connectivity index (χ1n) is 6.33. The fourth-order valence-electron chi connectivity index (χ4n) is 1.58. The van der Waals surface area contributed by atoms with Crippen LogP contribution in [0.15, 0.2) is 5.38 Å². The maximum atomic E-state index is 11.6. The van der Waals surface area contributed by atoms with Crippen LogP contribution in [0.2, 0.25) is 0 Å². The third-order valence-electron chi connectivity index (χ3n) is 2.77. The van der Waals surface area contributed by atoms with Crippen molar-refractivity contribution in [3.05, 3.63) is 11.1 Å². The second kappa shape index (κ2) is 7.84. The molecule has 1 aromatic heterocycles. The van der Waals surface area contributed by atoms with Crippen molar-refractivity contribution in [3.8, 4) is 0 Å². The highest BCUT2D eigenvalue weighted by Gasteiger charge is 2.23. The van der Waals surface area contributed by atoms with Crippen LogP contribution in [0.3, 0.4) is 0 Å². The predicted molar refractivity (Wildman–Crippen MR) is 76.7 cm³/mol. The molecule has 0 radical (unpaired) electrons. The lowest BCUT2D eigenvalue weighted by Crippen LogP contribution is -2.35. The number of aryl methyl sites for hydroxylation is 1. The summed E-state index contributed by atoms with van der Waals surface area (Å²) in [6.07, 6.45) is 0.819. The third kappa shape index (κ3) is 4.80. The van der Waals surface area contributed by atoms with Gasteiger partial charge in [-0.25, -0.2) is 9.78 Å². The van der Waals surface area contributed by atoms with E-state index in [0.717, 1.165) is 5.69 Å². The van der Waals surface area contributed by atoms with Gasteiger partial charge in [-0.3, -0.25) is 4.79 Å². The summed E-state index contributed by atoms with van der Waals surface area (Å²) in [4.78, 5) is 27.1. The number of methoxy groups -OCH3 is 2. The normalized spacial score (nSPS) is 12.1. The average Bonchev–Trinajstić information content (AvgIpc) is 2.88. The van der Waals surface area contributed by atoms with Gasteiger partial charge in [0.05, 0.1) is 26.3 Å². The highest BCUT2D eigenvalue weighted by Crippen LogP contribution is 2.20. The first-order chi connectivity index (χ1) is 9.47. The molecule has 1 rings (SSSR count). The number of thiazole rings is 1. The Balaban J connectivity index is 2.62. The minimum atomic E-state index is -0.431. The van der Waals surface area contributed by atoms with Crippen LogP contribution in [-0.2, 0) is 25.5 Å². The summed E-state index contributed by atoms with van der Waals surface area (Å²) >= 11 is 1.40. The monoisotopic (exact) mass is 300 g/mol. The maximum Gasteiger partial charge on any atom is 0.328 e. The van der Waals surface area contributed by atoms with Crippen molar-refractivity contribution in [2.45, 2.75) is 32.7 Å². The summed E-state index contributed by atoms with van der Waals surface area (Å²) in [5.41, 5.74) is 0.801. The molecule has 1 heterocycles. The van der Waals surface area contributed by atoms with Crippen molar-refractivity contribution in [1.29, 1.82) is 0 Å². The smallest absolute Gasteiger partial charge is 0.328 e. The van der Waals surface area contributed by atoms with Crippen molar-refractivity contribution in [1.82, 2.24) is 4.98 Å². The number of nitrogens with zero attached hydrogens (tertiary/aromatic N) is 1. The second-order valence-corrected chi connectivity index (χ2v) is 5.47. The molecule has 20 heavy (non-hydrogen) atoms. The van der Waals surface area contributed by atoms with E-state index < -0.39 is 6.04 Å². The molecule has 0 aliphatic heterocycles. The lowest BCUT2D eigenvalue weighted by Gasteiger charge is -2.18. The van der Waals surface area contributed by atoms with Crippen LogP contribution < -0.4 is 5.32 Å². The summed E-state index contributed by atoms with van der Waals surface area (Å²) < 4.78 is 9.34. The van der Waals surface area contributed by atoms with Gasteiger partial charge in [0, 0.05) is 11.8 Å². The lowest BCUT2D eigenvalue weighted by molar-refractivity contribution is -0.142. The van der Waals surface area contributed by atoms with Crippen molar-refractivity contribution in [3.63, 3.8) is 0 Å². The van der Waals surface area contributed by atoms with Crippen LogP contribution in [0.4, 0.5) is 5.13 Å². The lowest BCUT2D eigenvalue weighted by atomic mass is 10.1. The molecule has 0 fully saturated rings. The van der Waals surface area contributed by atoms with Gasteiger partial charge in [0.2, 0.25) is 0 Å². The Morgan fingerprint density at radius 3 is 2.60 bits per heavy atom. The Hall–Kier alpha value is -1.63. The average molecular weight is 300 g/mol. The molecule has 112 valence electrons. The molecule has 1 unspecified atom stereocenters. The highest BCUT2D eigenvalue weighted by molar-refractivity contribution is 7.13. The van der Waals surface area contributed by atoms with Crippen LogP contribution in [0.25, 0.3) is 0 Å². The summed E-state index contributed by atoms with van der Waals surface area (Å²) in [5.74, 6) is -0.488. The molecule has 0 aliphatic rings. The molecule has 0 saturated carbocycles. The first kappa shape index (κ1) is 16.4. The van der Waals surface area contributed by atoms with E-state index >= 15 is 0 Å². The molecule has 1 aromatic rings. The Labute approximate surface area is 122 Å². The van der Waals surface area contributed by atoms with Gasteiger partial charge in [0.1, 0.15) is 6.04 Å². The van der Waals surface area contributed by atoms with E-state index in [-0.39, 0.29) is 17.9 Å². The van der Waals surface area contributed by atoms with Crippen LogP contribution in [0.1, 0.15) is 26.0 Å². The molecule has 0 spiro atoms. The summed E-state index contributed by atoms with van der Waals surface area (Å²) in [6, 6.07) is -0.431. The fourth-order valence-corrected chi connectivity index (χ4v) is 2.36. The van der Waals surface area contributed by atoms with Gasteiger partial charge in [-0.2, -0.15) is 0 Å². The largest absolute Gasteiger partial charge is 0.469 e. The van der Waals surface area contributed by atoms with E-state index in [4.69, 9.17) is 4.74 Å². The fraction of sp³-hybridized carbons (Fsp3) is 0.615. The second-order valence-electron chi connectivity index (χ2n) is 4.61. The van der Waals surface area contributed by atoms with E-state index in [1.54, 1.807) is 0 Å². The summed E-state index contributed by atoms with van der Waals surface area (Å²) in [7, 11) is 2.73. The molecule has 0 amide bonds. The molecule has 6 nitrogen and oxygen atoms in total. The highest BCUT2D eigenvalue weighted by atomic mass is 32.1. The number of rotatable bonds is 7. The number of ether oxygens (including phenoxy) is 2. The number of aromatic nitrogens is 1. The van der Waals surface area contributed by atoms with Gasteiger partial charge in [-0.15, -0.1) is 11.3 Å². The molecule has 0 aliphatic carbocycles. The van der Waals surface area contributed by atoms with Gasteiger partial charge in [0.15, 0.2) is 5.13 Å². The molecule has 0 bridgehead atoms. The Kier molecular flexibility index (Phi) is 6.44.